The van der Waals surface area contributed by atoms with E-state index >= 15 is 0 Å². The molecule has 2 aromatic rings. The van der Waals surface area contributed by atoms with Gasteiger partial charge in [-0.25, -0.2) is 0 Å². The molecule has 0 fully saturated rings. The fourth-order valence-electron chi connectivity index (χ4n) is 2.13. The van der Waals surface area contributed by atoms with E-state index in [1.165, 1.54) is 5.56 Å². The number of halogens is 2. The lowest BCUT2D eigenvalue weighted by Gasteiger charge is -2.17. The lowest BCUT2D eigenvalue weighted by Crippen LogP contribution is -2.08. The third kappa shape index (κ3) is 3.21. The summed E-state index contributed by atoms with van der Waals surface area (Å²) in [5, 5.41) is 7.19. The minimum Gasteiger partial charge on any atom is -0.493 e. The number of nitrogens with one attached hydrogen (secondary N) is 1. The van der Waals surface area contributed by atoms with E-state index in [0.29, 0.717) is 6.54 Å². The van der Waals surface area contributed by atoms with Gasteiger partial charge >= 0.3 is 0 Å². The molecule has 0 bridgehead atoms. The molecule has 1 aliphatic rings. The van der Waals surface area contributed by atoms with E-state index in [1.807, 2.05) is 18.2 Å². The Kier molecular flexibility index (Phi) is 5.66. The zero-order valence-electron chi connectivity index (χ0n) is 10.4. The molecule has 0 amide bonds. The van der Waals surface area contributed by atoms with Crippen LogP contribution in [0.25, 0.3) is 11.3 Å². The fraction of sp³-hybridized carbons (Fsp3) is 0.308. The van der Waals surface area contributed by atoms with Crippen LogP contribution in [0, 0.1) is 0 Å². The SMILES string of the molecule is Cl.Cl.NCc1cc(-c2ccc3c(c2)CCCO3)n[nH]1. The van der Waals surface area contributed by atoms with Crippen LogP contribution in [0.1, 0.15) is 17.7 Å². The predicted molar refractivity (Wildman–Crippen MR) is 80.2 cm³/mol. The van der Waals surface area contributed by atoms with Gasteiger partial charge in [-0.15, -0.1) is 24.8 Å². The van der Waals surface area contributed by atoms with Gasteiger partial charge in [0.25, 0.3) is 0 Å². The highest BCUT2D eigenvalue weighted by Gasteiger charge is 2.12. The Labute approximate surface area is 124 Å². The first-order chi connectivity index (χ1) is 8.36. The summed E-state index contributed by atoms with van der Waals surface area (Å²) in [4.78, 5) is 0. The van der Waals surface area contributed by atoms with E-state index in [-0.39, 0.29) is 24.8 Å². The van der Waals surface area contributed by atoms with Crippen LogP contribution in [0.3, 0.4) is 0 Å². The first-order valence-corrected chi connectivity index (χ1v) is 5.87. The quantitative estimate of drug-likeness (QED) is 0.896. The van der Waals surface area contributed by atoms with Crippen LogP contribution < -0.4 is 10.5 Å². The molecule has 3 N–H and O–H groups in total. The molecule has 0 radical (unpaired) electrons. The first-order valence-electron chi connectivity index (χ1n) is 5.87. The van der Waals surface area contributed by atoms with Gasteiger partial charge in [0.15, 0.2) is 0 Å². The summed E-state index contributed by atoms with van der Waals surface area (Å²) in [6, 6.07) is 8.22. The second-order valence-electron chi connectivity index (χ2n) is 4.26. The molecule has 6 heteroatoms. The number of nitrogens with zero attached hydrogens (tertiary/aromatic N) is 1. The number of nitrogens with two attached hydrogens (primary N) is 1. The molecule has 0 unspecified atom stereocenters. The van der Waals surface area contributed by atoms with Crippen molar-refractivity contribution < 1.29 is 4.74 Å². The topological polar surface area (TPSA) is 63.9 Å². The molecule has 104 valence electrons. The molecule has 4 nitrogen and oxygen atoms in total. The van der Waals surface area contributed by atoms with Gasteiger partial charge in [0.05, 0.1) is 12.3 Å². The van der Waals surface area contributed by atoms with Gasteiger partial charge in [0, 0.05) is 17.8 Å². The Hall–Kier alpha value is -1.23. The Morgan fingerprint density at radius 3 is 2.84 bits per heavy atom. The second-order valence-corrected chi connectivity index (χ2v) is 4.26. The lowest BCUT2D eigenvalue weighted by atomic mass is 10.0. The van der Waals surface area contributed by atoms with Crippen LogP contribution >= 0.6 is 24.8 Å². The average Bonchev–Trinajstić information content (AvgIpc) is 2.87. The van der Waals surface area contributed by atoms with Crippen LogP contribution in [0.4, 0.5) is 0 Å². The summed E-state index contributed by atoms with van der Waals surface area (Å²) in [5.74, 6) is 1.01. The van der Waals surface area contributed by atoms with Gasteiger partial charge in [0.2, 0.25) is 0 Å². The summed E-state index contributed by atoms with van der Waals surface area (Å²) in [7, 11) is 0. The van der Waals surface area contributed by atoms with Crippen LogP contribution in [-0.2, 0) is 13.0 Å². The monoisotopic (exact) mass is 301 g/mol. The molecule has 3 rings (SSSR count). The minimum atomic E-state index is 0. The smallest absolute Gasteiger partial charge is 0.122 e. The highest BCUT2D eigenvalue weighted by atomic mass is 35.5. The molecule has 1 aliphatic heterocycles. The van der Waals surface area contributed by atoms with Crippen LogP contribution in [0.2, 0.25) is 0 Å². The van der Waals surface area contributed by atoms with Crippen molar-refractivity contribution in [1.82, 2.24) is 10.2 Å². The summed E-state index contributed by atoms with van der Waals surface area (Å²) in [6.45, 7) is 1.31. The second kappa shape index (κ2) is 6.80. The summed E-state index contributed by atoms with van der Waals surface area (Å²) in [5.41, 5.74) is 9.84. The number of H-pyrrole nitrogens is 1. The third-order valence-electron chi connectivity index (χ3n) is 3.06. The van der Waals surface area contributed by atoms with Crippen molar-refractivity contribution in [3.63, 3.8) is 0 Å². The molecule has 1 aromatic heterocycles. The van der Waals surface area contributed by atoms with Gasteiger partial charge in [0.1, 0.15) is 5.75 Å². The highest BCUT2D eigenvalue weighted by Crippen LogP contribution is 2.29. The maximum Gasteiger partial charge on any atom is 0.122 e. The summed E-state index contributed by atoms with van der Waals surface area (Å²) in [6.07, 6.45) is 2.17. The molecular weight excluding hydrogens is 285 g/mol. The number of ether oxygens (including phenoxy) is 1. The molecule has 1 aromatic carbocycles. The summed E-state index contributed by atoms with van der Waals surface area (Å²) >= 11 is 0. The number of rotatable bonds is 2. The van der Waals surface area contributed by atoms with E-state index in [2.05, 4.69) is 16.3 Å². The number of fused-ring (bicyclic) bond motifs is 1. The molecule has 0 atom stereocenters. The Bertz CT molecular complexity index is 542. The minimum absolute atomic E-state index is 0. The van der Waals surface area contributed by atoms with E-state index < -0.39 is 0 Å². The van der Waals surface area contributed by atoms with Crippen LogP contribution in [0.15, 0.2) is 24.3 Å². The van der Waals surface area contributed by atoms with Crippen molar-refractivity contribution in [2.75, 3.05) is 6.61 Å². The average molecular weight is 302 g/mol. The number of hydrogen-bond donors (Lipinski definition) is 2. The lowest BCUT2D eigenvalue weighted by molar-refractivity contribution is 0.288. The number of aromatic nitrogens is 2. The molecule has 0 saturated heterocycles. The van der Waals surface area contributed by atoms with Crippen LogP contribution in [0.5, 0.6) is 5.75 Å². The third-order valence-corrected chi connectivity index (χ3v) is 3.06. The van der Waals surface area contributed by atoms with E-state index in [9.17, 15) is 0 Å². The molecular formula is C13H17Cl2N3O. The normalized spacial score (nSPS) is 12.7. The van der Waals surface area contributed by atoms with E-state index in [1.54, 1.807) is 0 Å². The van der Waals surface area contributed by atoms with Crippen molar-refractivity contribution in [3.05, 3.63) is 35.5 Å². The van der Waals surface area contributed by atoms with Gasteiger partial charge in [-0.3, -0.25) is 5.10 Å². The standard InChI is InChI=1S/C13H15N3O.2ClH/c14-8-11-7-12(16-15-11)9-3-4-13-10(6-9)2-1-5-17-13;;/h3-4,6-7H,1-2,5,8,14H2,(H,15,16);2*1H. The molecule has 19 heavy (non-hydrogen) atoms. The number of aryl methyl sites for hydroxylation is 1. The molecule has 2 heterocycles. The Morgan fingerprint density at radius 2 is 2.11 bits per heavy atom. The maximum atomic E-state index is 5.59. The van der Waals surface area contributed by atoms with Crippen LogP contribution in [-0.4, -0.2) is 16.8 Å². The first kappa shape index (κ1) is 15.8. The molecule has 0 spiro atoms. The van der Waals surface area contributed by atoms with Gasteiger partial charge < -0.3 is 10.5 Å². The maximum absolute atomic E-state index is 5.59. The predicted octanol–water partition coefficient (Wildman–Crippen LogP) is 2.70. The van der Waals surface area contributed by atoms with Crippen molar-refractivity contribution in [2.24, 2.45) is 5.73 Å². The number of aromatic amines is 1. The fourth-order valence-corrected chi connectivity index (χ4v) is 2.13. The van der Waals surface area contributed by atoms with Gasteiger partial charge in [-0.1, -0.05) is 0 Å². The zero-order chi connectivity index (χ0) is 11.7. The highest BCUT2D eigenvalue weighted by molar-refractivity contribution is 5.85. The molecule has 0 saturated carbocycles. The van der Waals surface area contributed by atoms with Crippen molar-refractivity contribution in [2.45, 2.75) is 19.4 Å². The van der Waals surface area contributed by atoms with E-state index in [4.69, 9.17) is 10.5 Å². The molecule has 0 aliphatic carbocycles. The largest absolute Gasteiger partial charge is 0.493 e. The van der Waals surface area contributed by atoms with Gasteiger partial charge in [-0.2, -0.15) is 5.10 Å². The number of benzene rings is 1. The van der Waals surface area contributed by atoms with E-state index in [0.717, 1.165) is 42.1 Å². The number of hydrogen-bond acceptors (Lipinski definition) is 3. The zero-order valence-corrected chi connectivity index (χ0v) is 12.0. The Balaban J connectivity index is 0.000000902. The summed E-state index contributed by atoms with van der Waals surface area (Å²) < 4.78 is 5.59. The Morgan fingerprint density at radius 1 is 1.26 bits per heavy atom. The van der Waals surface area contributed by atoms with Crippen molar-refractivity contribution >= 4 is 24.8 Å². The van der Waals surface area contributed by atoms with Crippen molar-refractivity contribution in [1.29, 1.82) is 0 Å². The van der Waals surface area contributed by atoms with Crippen molar-refractivity contribution in [3.8, 4) is 17.0 Å². The van der Waals surface area contributed by atoms with Gasteiger partial charge in [-0.05, 0) is 42.7 Å².